The fourth-order valence-corrected chi connectivity index (χ4v) is 2.92. The second kappa shape index (κ2) is 36.6. The zero-order valence-electron chi connectivity index (χ0n) is 23.4. The van der Waals surface area contributed by atoms with Crippen molar-refractivity contribution in [1.82, 2.24) is 4.90 Å². The Labute approximate surface area is 233 Å². The SMILES string of the molecule is C=CC(=O)OCC.CCO.CCOC(=O)CCSCCN(CCC(C)=O)CCC(=O)OCC.NCCS. The molecule has 0 fully saturated rings. The number of ether oxygens (including phenoxy) is 3. The average Bonchev–Trinajstić information content (AvgIpc) is 2.86. The molecule has 0 aliphatic heterocycles. The van der Waals surface area contributed by atoms with Crippen LogP contribution in [0.5, 0.6) is 0 Å². The van der Waals surface area contributed by atoms with Gasteiger partial charge in [0.2, 0.25) is 0 Å². The topological polar surface area (TPSA) is 145 Å². The normalized spacial score (nSPS) is 9.32. The third-order valence-electron chi connectivity index (χ3n) is 3.61. The summed E-state index contributed by atoms with van der Waals surface area (Å²) < 4.78 is 14.2. The highest BCUT2D eigenvalue weighted by Gasteiger charge is 2.10. The molecular weight excluding hydrogens is 520 g/mol. The highest BCUT2D eigenvalue weighted by Crippen LogP contribution is 2.06. The molecule has 0 aliphatic rings. The molecule has 0 aromatic heterocycles. The third kappa shape index (κ3) is 44.8. The molecule has 0 unspecified atom stereocenters. The van der Waals surface area contributed by atoms with Crippen molar-refractivity contribution < 1.29 is 38.5 Å². The minimum absolute atomic E-state index is 0.140. The van der Waals surface area contributed by atoms with Crippen LogP contribution in [0.3, 0.4) is 0 Å². The minimum Gasteiger partial charge on any atom is -0.466 e. The molecule has 0 spiro atoms. The van der Waals surface area contributed by atoms with E-state index in [4.69, 9.17) is 20.3 Å². The van der Waals surface area contributed by atoms with E-state index in [0.29, 0.717) is 58.7 Å². The van der Waals surface area contributed by atoms with Crippen molar-refractivity contribution in [3.63, 3.8) is 0 Å². The maximum atomic E-state index is 11.4. The quantitative estimate of drug-likeness (QED) is 0.0779. The Balaban J connectivity index is -0.000000317. The lowest BCUT2D eigenvalue weighted by Gasteiger charge is -2.21. The molecule has 3 N–H and O–H groups in total. The van der Waals surface area contributed by atoms with Crippen LogP contribution in [0.15, 0.2) is 12.7 Å². The number of rotatable bonds is 17. The Hall–Kier alpha value is -1.60. The molecule has 12 heteroatoms. The zero-order chi connectivity index (χ0) is 29.3. The first-order chi connectivity index (χ1) is 17.6. The van der Waals surface area contributed by atoms with Crippen molar-refractivity contribution in [2.24, 2.45) is 5.73 Å². The second-order valence-corrected chi connectivity index (χ2v) is 8.47. The number of esters is 3. The lowest BCUT2D eigenvalue weighted by atomic mass is 10.3. The molecule has 0 rings (SSSR count). The van der Waals surface area contributed by atoms with Crippen LogP contribution in [-0.4, -0.2) is 104 Å². The number of thioether (sulfide) groups is 1. The van der Waals surface area contributed by atoms with Crippen LogP contribution in [0.1, 0.15) is 53.9 Å². The predicted molar refractivity (Wildman–Crippen MR) is 154 cm³/mol. The van der Waals surface area contributed by atoms with E-state index in [1.807, 2.05) is 0 Å². The summed E-state index contributed by atoms with van der Waals surface area (Å²) in [5.74, 6) is 1.76. The number of hydrogen-bond acceptors (Lipinski definition) is 12. The molecule has 10 nitrogen and oxygen atoms in total. The van der Waals surface area contributed by atoms with E-state index in [9.17, 15) is 19.2 Å². The van der Waals surface area contributed by atoms with E-state index in [0.717, 1.165) is 29.9 Å². The molecular formula is C25H50N2O8S2. The number of nitrogens with two attached hydrogens (primary N) is 1. The van der Waals surface area contributed by atoms with Gasteiger partial charge in [-0.3, -0.25) is 14.4 Å². The van der Waals surface area contributed by atoms with Gasteiger partial charge in [-0.1, -0.05) is 6.58 Å². The van der Waals surface area contributed by atoms with E-state index in [-0.39, 0.29) is 30.3 Å². The highest BCUT2D eigenvalue weighted by atomic mass is 32.2. The van der Waals surface area contributed by atoms with Gasteiger partial charge in [-0.25, -0.2) is 4.79 Å². The molecule has 0 heterocycles. The van der Waals surface area contributed by atoms with E-state index in [1.165, 1.54) is 0 Å². The van der Waals surface area contributed by atoms with Crippen molar-refractivity contribution in [3.05, 3.63) is 12.7 Å². The number of aliphatic hydroxyl groups is 1. The maximum Gasteiger partial charge on any atom is 0.330 e. The highest BCUT2D eigenvalue weighted by molar-refractivity contribution is 7.99. The maximum absolute atomic E-state index is 11.4. The van der Waals surface area contributed by atoms with Crippen molar-refractivity contribution in [2.75, 3.05) is 69.9 Å². The summed E-state index contributed by atoms with van der Waals surface area (Å²) in [5.41, 5.74) is 4.95. The second-order valence-electron chi connectivity index (χ2n) is 6.80. The lowest BCUT2D eigenvalue weighted by Crippen LogP contribution is -2.31. The van der Waals surface area contributed by atoms with E-state index in [1.54, 1.807) is 46.4 Å². The molecule has 0 aromatic rings. The molecule has 0 aliphatic carbocycles. The van der Waals surface area contributed by atoms with Gasteiger partial charge in [0, 0.05) is 62.5 Å². The Bertz CT molecular complexity index is 565. The fraction of sp³-hybridized carbons (Fsp3) is 0.760. The summed E-state index contributed by atoms with van der Waals surface area (Å²) in [5, 5.41) is 7.57. The number of Topliss-reactive ketones (excluding diaryl/α,β-unsaturated/α-hetero) is 1. The van der Waals surface area contributed by atoms with Gasteiger partial charge in [-0.2, -0.15) is 24.4 Å². The van der Waals surface area contributed by atoms with Crippen LogP contribution < -0.4 is 5.73 Å². The lowest BCUT2D eigenvalue weighted by molar-refractivity contribution is -0.144. The molecule has 0 bridgehead atoms. The first-order valence-electron chi connectivity index (χ1n) is 12.4. The van der Waals surface area contributed by atoms with Crippen LogP contribution >= 0.6 is 24.4 Å². The van der Waals surface area contributed by atoms with Gasteiger partial charge in [0.15, 0.2) is 0 Å². The number of carbonyl (C=O) groups excluding carboxylic acids is 4. The van der Waals surface area contributed by atoms with Gasteiger partial charge >= 0.3 is 17.9 Å². The predicted octanol–water partition coefficient (Wildman–Crippen LogP) is 2.52. The van der Waals surface area contributed by atoms with Crippen molar-refractivity contribution in [2.45, 2.75) is 53.9 Å². The number of aliphatic hydroxyl groups excluding tert-OH is 1. The van der Waals surface area contributed by atoms with Crippen LogP contribution in [0.2, 0.25) is 0 Å². The monoisotopic (exact) mass is 570 g/mol. The van der Waals surface area contributed by atoms with Gasteiger partial charge in [-0.15, -0.1) is 0 Å². The van der Waals surface area contributed by atoms with Crippen LogP contribution in [0.4, 0.5) is 0 Å². The Morgan fingerprint density at radius 2 is 1.35 bits per heavy atom. The molecule has 0 saturated carbocycles. The van der Waals surface area contributed by atoms with Gasteiger partial charge in [0.1, 0.15) is 5.78 Å². The van der Waals surface area contributed by atoms with Gasteiger partial charge < -0.3 is 30.0 Å². The standard InChI is InChI=1S/C16H29NO5S.C5H8O2.C2H7NS.C2H6O/c1-4-21-15(19)7-10-17(9-6-14(3)18)11-13-23-12-8-16(20)22-5-2;1-3-5(6)7-4-2;3-1-2-4;1-2-3/h4-13H2,1-3H3;3H,1,4H2,2H3;4H,1-3H2;3H,2H2,1H3. The number of hydrogen-bond donors (Lipinski definition) is 3. The number of nitrogens with zero attached hydrogens (tertiary/aromatic N) is 1. The van der Waals surface area contributed by atoms with E-state index in [2.05, 4.69) is 28.8 Å². The third-order valence-corrected chi connectivity index (χ3v) is 4.83. The van der Waals surface area contributed by atoms with Gasteiger partial charge in [0.05, 0.1) is 32.7 Å². The van der Waals surface area contributed by atoms with Crippen LogP contribution in [0.25, 0.3) is 0 Å². The number of carbonyl (C=O) groups is 4. The largest absolute Gasteiger partial charge is 0.466 e. The summed E-state index contributed by atoms with van der Waals surface area (Å²) in [4.78, 5) is 45.9. The summed E-state index contributed by atoms with van der Waals surface area (Å²) >= 11 is 5.47. The minimum atomic E-state index is -0.359. The van der Waals surface area contributed by atoms with E-state index >= 15 is 0 Å². The Kier molecular flexibility index (Phi) is 42.0. The van der Waals surface area contributed by atoms with Gasteiger partial charge in [0.25, 0.3) is 0 Å². The van der Waals surface area contributed by atoms with Gasteiger partial charge in [-0.05, 0) is 34.6 Å². The molecule has 0 atom stereocenters. The first-order valence-corrected chi connectivity index (χ1v) is 14.2. The molecule has 0 aromatic carbocycles. The average molecular weight is 571 g/mol. The molecule has 0 radical (unpaired) electrons. The van der Waals surface area contributed by atoms with Crippen LogP contribution in [0, 0.1) is 0 Å². The summed E-state index contributed by atoms with van der Waals surface area (Å²) in [6.07, 6.45) is 2.37. The zero-order valence-corrected chi connectivity index (χ0v) is 25.1. The molecule has 0 saturated heterocycles. The van der Waals surface area contributed by atoms with Crippen molar-refractivity contribution in [1.29, 1.82) is 0 Å². The van der Waals surface area contributed by atoms with Crippen LogP contribution in [-0.2, 0) is 33.4 Å². The van der Waals surface area contributed by atoms with Crippen molar-refractivity contribution in [3.8, 4) is 0 Å². The Morgan fingerprint density at radius 1 is 0.892 bits per heavy atom. The summed E-state index contributed by atoms with van der Waals surface area (Å²) in [6, 6.07) is 0. The smallest absolute Gasteiger partial charge is 0.330 e. The molecule has 37 heavy (non-hydrogen) atoms. The number of thiol groups is 1. The van der Waals surface area contributed by atoms with Crippen molar-refractivity contribution >= 4 is 48.1 Å². The summed E-state index contributed by atoms with van der Waals surface area (Å²) in [7, 11) is 0. The number of ketones is 1. The summed E-state index contributed by atoms with van der Waals surface area (Å²) in [6.45, 7) is 15.9. The Morgan fingerprint density at radius 3 is 1.73 bits per heavy atom. The fourth-order valence-electron chi connectivity index (χ4n) is 2.02. The van der Waals surface area contributed by atoms with E-state index < -0.39 is 0 Å². The first kappa shape index (κ1) is 42.5. The molecule has 0 amide bonds. The molecule has 220 valence electrons.